The van der Waals surface area contributed by atoms with Crippen molar-refractivity contribution in [2.24, 2.45) is 0 Å². The summed E-state index contributed by atoms with van der Waals surface area (Å²) in [6.07, 6.45) is 0.800. The molecule has 9 heteroatoms. The first kappa shape index (κ1) is 17.9. The van der Waals surface area contributed by atoms with Crippen molar-refractivity contribution in [3.63, 3.8) is 0 Å². The number of benzene rings is 1. The van der Waals surface area contributed by atoms with Crippen LogP contribution in [0, 0.1) is 0 Å². The quantitative estimate of drug-likeness (QED) is 0.759. The van der Waals surface area contributed by atoms with Gasteiger partial charge < -0.3 is 5.32 Å². The van der Waals surface area contributed by atoms with Gasteiger partial charge in [0.2, 0.25) is 5.91 Å². The number of nitrogens with zero attached hydrogens (tertiary/aromatic N) is 2. The number of aromatic nitrogens is 3. The number of amides is 1. The van der Waals surface area contributed by atoms with E-state index in [-0.39, 0.29) is 11.6 Å². The Balaban J connectivity index is 2.07. The summed E-state index contributed by atoms with van der Waals surface area (Å²) in [5, 5.41) is 10.00. The number of aromatic amines is 1. The molecule has 1 aromatic carbocycles. The highest BCUT2D eigenvalue weighted by atomic mass is 35.5. The van der Waals surface area contributed by atoms with Gasteiger partial charge in [0.1, 0.15) is 0 Å². The van der Waals surface area contributed by atoms with Crippen LogP contribution in [0.2, 0.25) is 10.0 Å². The van der Waals surface area contributed by atoms with Crippen LogP contribution in [0.3, 0.4) is 0 Å². The van der Waals surface area contributed by atoms with Crippen LogP contribution in [0.15, 0.2) is 28.2 Å². The number of thioether (sulfide) groups is 1. The molecule has 124 valence electrons. The second kappa shape index (κ2) is 7.90. The second-order valence-corrected chi connectivity index (χ2v) is 6.99. The number of nitrogens with one attached hydrogen (secondary N) is 2. The summed E-state index contributed by atoms with van der Waals surface area (Å²) < 4.78 is 1.52. The molecule has 0 saturated heterocycles. The van der Waals surface area contributed by atoms with Crippen molar-refractivity contribution in [2.45, 2.75) is 37.2 Å². The smallest absolute Gasteiger partial charge is 0.324 e. The molecule has 0 aliphatic rings. The van der Waals surface area contributed by atoms with Gasteiger partial charge in [0.05, 0.1) is 16.0 Å². The zero-order valence-electron chi connectivity index (χ0n) is 12.6. The van der Waals surface area contributed by atoms with Gasteiger partial charge in [-0.25, -0.2) is 9.89 Å². The molecule has 0 radical (unpaired) electrons. The number of anilines is 1. The summed E-state index contributed by atoms with van der Waals surface area (Å²) in [4.78, 5) is 23.9. The first-order valence-corrected chi connectivity index (χ1v) is 8.63. The third-order valence-electron chi connectivity index (χ3n) is 3.01. The molecule has 0 fully saturated rings. The Bertz CT molecular complexity index is 759. The molecule has 6 nitrogen and oxygen atoms in total. The van der Waals surface area contributed by atoms with Crippen LogP contribution in [-0.4, -0.2) is 25.9 Å². The lowest BCUT2D eigenvalue weighted by molar-refractivity contribution is -0.115. The van der Waals surface area contributed by atoms with Gasteiger partial charge in [-0.15, -0.1) is 5.10 Å². The minimum absolute atomic E-state index is 0.238. The van der Waals surface area contributed by atoms with E-state index < -0.39 is 5.25 Å². The summed E-state index contributed by atoms with van der Waals surface area (Å²) in [6, 6.07) is 4.85. The maximum absolute atomic E-state index is 12.3. The van der Waals surface area contributed by atoms with E-state index in [2.05, 4.69) is 15.5 Å². The first-order valence-electron chi connectivity index (χ1n) is 7.00. The minimum atomic E-state index is -0.451. The van der Waals surface area contributed by atoms with Crippen molar-refractivity contribution in [3.8, 4) is 0 Å². The number of hydrogen-bond acceptors (Lipinski definition) is 4. The summed E-state index contributed by atoms with van der Waals surface area (Å²) in [5.41, 5.74) is 0.212. The lowest BCUT2D eigenvalue weighted by Gasteiger charge is -2.13. The van der Waals surface area contributed by atoms with Crippen LogP contribution in [0.1, 0.15) is 20.3 Å². The third kappa shape index (κ3) is 4.53. The van der Waals surface area contributed by atoms with Crippen molar-refractivity contribution in [3.05, 3.63) is 38.7 Å². The lowest BCUT2D eigenvalue weighted by atomic mass is 10.3. The van der Waals surface area contributed by atoms with E-state index in [1.165, 1.54) is 16.3 Å². The molecule has 1 atom stereocenters. The number of carbonyl (C=O) groups is 1. The lowest BCUT2D eigenvalue weighted by Crippen LogP contribution is -2.24. The molecule has 0 aliphatic carbocycles. The Kier molecular flexibility index (Phi) is 6.15. The SMILES string of the molecule is CCCn1c(S[C@H](C)C(=O)Nc2ccc(Cl)cc2Cl)n[nH]c1=O. The van der Waals surface area contributed by atoms with Crippen LogP contribution >= 0.6 is 35.0 Å². The summed E-state index contributed by atoms with van der Waals surface area (Å²) in [5.74, 6) is -0.238. The average Bonchev–Trinajstić information content (AvgIpc) is 2.83. The van der Waals surface area contributed by atoms with E-state index in [1.807, 2.05) is 6.92 Å². The van der Waals surface area contributed by atoms with E-state index in [9.17, 15) is 9.59 Å². The monoisotopic (exact) mass is 374 g/mol. The highest BCUT2D eigenvalue weighted by Crippen LogP contribution is 2.27. The van der Waals surface area contributed by atoms with Gasteiger partial charge in [0, 0.05) is 11.6 Å². The van der Waals surface area contributed by atoms with Gasteiger partial charge in [0.25, 0.3) is 0 Å². The first-order chi connectivity index (χ1) is 10.9. The molecule has 1 aromatic heterocycles. The number of rotatable bonds is 6. The molecule has 1 heterocycles. The van der Waals surface area contributed by atoms with E-state index in [0.717, 1.165) is 6.42 Å². The molecule has 0 saturated carbocycles. The molecular weight excluding hydrogens is 359 g/mol. The fraction of sp³-hybridized carbons (Fsp3) is 0.357. The van der Waals surface area contributed by atoms with Crippen LogP contribution < -0.4 is 11.0 Å². The zero-order valence-corrected chi connectivity index (χ0v) is 14.9. The normalized spacial score (nSPS) is 12.2. The fourth-order valence-electron chi connectivity index (χ4n) is 1.85. The predicted molar refractivity (Wildman–Crippen MR) is 93.5 cm³/mol. The van der Waals surface area contributed by atoms with Crippen LogP contribution in [0.5, 0.6) is 0 Å². The molecule has 1 amide bonds. The predicted octanol–water partition coefficient (Wildman–Crippen LogP) is 3.41. The number of carbonyl (C=O) groups excluding carboxylic acids is 1. The van der Waals surface area contributed by atoms with E-state index in [1.54, 1.807) is 25.1 Å². The number of H-pyrrole nitrogens is 1. The maximum Gasteiger partial charge on any atom is 0.343 e. The topological polar surface area (TPSA) is 79.8 Å². The standard InChI is InChI=1S/C14H16Cl2N4O2S/c1-3-6-20-13(22)18-19-14(20)23-8(2)12(21)17-11-5-4-9(15)7-10(11)16/h4-5,7-8H,3,6H2,1-2H3,(H,17,21)(H,18,22)/t8-/m1/s1. The van der Waals surface area contributed by atoms with Gasteiger partial charge >= 0.3 is 5.69 Å². The molecule has 2 N–H and O–H groups in total. The molecular formula is C14H16Cl2N4O2S. The molecule has 23 heavy (non-hydrogen) atoms. The van der Waals surface area contributed by atoms with Gasteiger partial charge in [-0.05, 0) is 31.5 Å². The summed E-state index contributed by atoms with van der Waals surface area (Å²) >= 11 is 13.1. The Labute approximate surface area is 147 Å². The van der Waals surface area contributed by atoms with Crippen LogP contribution in [0.25, 0.3) is 0 Å². The summed E-state index contributed by atoms with van der Waals surface area (Å²) in [7, 11) is 0. The van der Waals surface area contributed by atoms with Crippen molar-refractivity contribution in [2.75, 3.05) is 5.32 Å². The maximum atomic E-state index is 12.3. The van der Waals surface area contributed by atoms with Crippen molar-refractivity contribution in [1.82, 2.24) is 14.8 Å². The van der Waals surface area contributed by atoms with E-state index in [4.69, 9.17) is 23.2 Å². The molecule has 0 unspecified atom stereocenters. The largest absolute Gasteiger partial charge is 0.343 e. The Morgan fingerprint density at radius 2 is 2.22 bits per heavy atom. The second-order valence-electron chi connectivity index (χ2n) is 4.84. The highest BCUT2D eigenvalue weighted by molar-refractivity contribution is 8.00. The number of hydrogen-bond donors (Lipinski definition) is 2. The van der Waals surface area contributed by atoms with E-state index >= 15 is 0 Å². The van der Waals surface area contributed by atoms with Crippen molar-refractivity contribution in [1.29, 1.82) is 0 Å². The average molecular weight is 375 g/mol. The van der Waals surface area contributed by atoms with Crippen molar-refractivity contribution >= 4 is 46.6 Å². The minimum Gasteiger partial charge on any atom is -0.324 e. The molecule has 2 rings (SSSR count). The Hall–Kier alpha value is -1.44. The molecule has 0 spiro atoms. The highest BCUT2D eigenvalue weighted by Gasteiger charge is 2.19. The number of halogens is 2. The zero-order chi connectivity index (χ0) is 17.0. The summed E-state index contributed by atoms with van der Waals surface area (Å²) in [6.45, 7) is 4.25. The molecule has 0 aliphatic heterocycles. The fourth-order valence-corrected chi connectivity index (χ4v) is 3.19. The third-order valence-corrected chi connectivity index (χ3v) is 4.65. The van der Waals surface area contributed by atoms with Gasteiger partial charge in [-0.3, -0.25) is 9.36 Å². The Morgan fingerprint density at radius 1 is 1.48 bits per heavy atom. The Morgan fingerprint density at radius 3 is 2.87 bits per heavy atom. The van der Waals surface area contributed by atoms with Crippen LogP contribution in [-0.2, 0) is 11.3 Å². The molecule has 0 bridgehead atoms. The van der Waals surface area contributed by atoms with Crippen molar-refractivity contribution < 1.29 is 4.79 Å². The van der Waals surface area contributed by atoms with Gasteiger partial charge in [-0.1, -0.05) is 41.9 Å². The van der Waals surface area contributed by atoms with Crippen LogP contribution in [0.4, 0.5) is 5.69 Å². The van der Waals surface area contributed by atoms with Gasteiger partial charge in [0.15, 0.2) is 5.16 Å². The molecule has 2 aromatic rings. The van der Waals surface area contributed by atoms with Gasteiger partial charge in [-0.2, -0.15) is 0 Å². The van der Waals surface area contributed by atoms with E-state index in [0.29, 0.717) is 27.4 Å².